The van der Waals surface area contributed by atoms with Gasteiger partial charge in [-0.2, -0.15) is 0 Å². The molecule has 1 aromatic rings. The van der Waals surface area contributed by atoms with Crippen molar-refractivity contribution < 1.29 is 24.2 Å². The van der Waals surface area contributed by atoms with Gasteiger partial charge in [-0.25, -0.2) is 9.78 Å². The minimum atomic E-state index is -1.21. The van der Waals surface area contributed by atoms with Gasteiger partial charge in [0.05, 0.1) is 19.2 Å². The number of amides is 1. The number of carboxylic acids is 1. The summed E-state index contributed by atoms with van der Waals surface area (Å²) in [4.78, 5) is 37.5. The maximum Gasteiger partial charge on any atom is 0.326 e. The molecule has 0 aliphatic heterocycles. The second-order valence-corrected chi connectivity index (χ2v) is 4.82. The number of hydrogen-bond donors (Lipinski definition) is 3. The van der Waals surface area contributed by atoms with Gasteiger partial charge in [0.1, 0.15) is 6.04 Å². The molecule has 0 aliphatic carbocycles. The fourth-order valence-corrected chi connectivity index (χ4v) is 2.00. The number of rotatable bonds is 7. The van der Waals surface area contributed by atoms with Crippen LogP contribution in [0.3, 0.4) is 0 Å². The molecule has 1 atom stereocenters. The first-order valence-electron chi connectivity index (χ1n) is 5.71. The lowest BCUT2D eigenvalue weighted by Crippen LogP contribution is -2.41. The Morgan fingerprint density at radius 3 is 2.75 bits per heavy atom. The number of carbonyl (C=O) groups is 3. The van der Waals surface area contributed by atoms with Crippen molar-refractivity contribution in [3.8, 4) is 0 Å². The summed E-state index contributed by atoms with van der Waals surface area (Å²) < 4.78 is 4.42. The Morgan fingerprint density at radius 1 is 1.55 bits per heavy atom. The molecule has 0 fully saturated rings. The molecule has 1 amide bonds. The smallest absolute Gasteiger partial charge is 0.326 e. The van der Waals surface area contributed by atoms with Crippen LogP contribution in [0.15, 0.2) is 5.38 Å². The lowest BCUT2D eigenvalue weighted by molar-refractivity contribution is -0.144. The number of nitrogen functional groups attached to an aromatic ring is 1. The summed E-state index contributed by atoms with van der Waals surface area (Å²) in [5.41, 5.74) is 5.90. The van der Waals surface area contributed by atoms with Gasteiger partial charge >= 0.3 is 11.9 Å². The summed E-state index contributed by atoms with van der Waals surface area (Å²) in [6.07, 6.45) is -0.181. The molecule has 0 bridgehead atoms. The van der Waals surface area contributed by atoms with Crippen molar-refractivity contribution in [3.05, 3.63) is 11.1 Å². The van der Waals surface area contributed by atoms with Crippen LogP contribution in [-0.2, 0) is 25.5 Å². The van der Waals surface area contributed by atoms with Crippen molar-refractivity contribution >= 4 is 34.3 Å². The molecule has 1 aromatic heterocycles. The monoisotopic (exact) mass is 301 g/mol. The van der Waals surface area contributed by atoms with Gasteiger partial charge in [0.15, 0.2) is 5.13 Å². The molecule has 9 heteroatoms. The number of hydrogen-bond acceptors (Lipinski definition) is 7. The highest BCUT2D eigenvalue weighted by molar-refractivity contribution is 7.13. The normalized spacial score (nSPS) is 11.7. The number of anilines is 1. The lowest BCUT2D eigenvalue weighted by atomic mass is 10.1. The van der Waals surface area contributed by atoms with Crippen LogP contribution in [-0.4, -0.2) is 41.1 Å². The Bertz CT molecular complexity index is 502. The number of aliphatic carboxylic acids is 1. The van der Waals surface area contributed by atoms with Gasteiger partial charge in [-0.3, -0.25) is 9.59 Å². The third kappa shape index (κ3) is 5.22. The van der Waals surface area contributed by atoms with E-state index in [0.717, 1.165) is 0 Å². The fraction of sp³-hybridized carbons (Fsp3) is 0.455. The van der Waals surface area contributed by atoms with Crippen LogP contribution in [0.4, 0.5) is 5.13 Å². The van der Waals surface area contributed by atoms with E-state index in [0.29, 0.717) is 10.8 Å². The fourth-order valence-electron chi connectivity index (χ4n) is 1.44. The maximum atomic E-state index is 11.7. The van der Waals surface area contributed by atoms with Gasteiger partial charge in [0.25, 0.3) is 0 Å². The number of ether oxygens (including phenoxy) is 1. The van der Waals surface area contributed by atoms with Crippen LogP contribution in [0.1, 0.15) is 18.5 Å². The third-order valence-electron chi connectivity index (χ3n) is 2.41. The number of carboxylic acid groups (broad SMARTS) is 1. The number of thiazole rings is 1. The molecular formula is C11H15N3O5S. The zero-order chi connectivity index (χ0) is 15.1. The van der Waals surface area contributed by atoms with E-state index in [9.17, 15) is 14.4 Å². The first kappa shape index (κ1) is 15.9. The Balaban J connectivity index is 2.50. The topological polar surface area (TPSA) is 132 Å². The van der Waals surface area contributed by atoms with Crippen LogP contribution in [0.25, 0.3) is 0 Å². The van der Waals surface area contributed by atoms with E-state index < -0.39 is 23.9 Å². The van der Waals surface area contributed by atoms with E-state index in [1.54, 1.807) is 5.38 Å². The Hall–Kier alpha value is -2.16. The molecule has 4 N–H and O–H groups in total. The van der Waals surface area contributed by atoms with Crippen molar-refractivity contribution in [2.75, 3.05) is 12.8 Å². The van der Waals surface area contributed by atoms with E-state index in [1.807, 2.05) is 0 Å². The quantitative estimate of drug-likeness (QED) is 0.594. The summed E-state index contributed by atoms with van der Waals surface area (Å²) in [5.74, 6) is -2.23. The van der Waals surface area contributed by atoms with Crippen molar-refractivity contribution in [2.24, 2.45) is 0 Å². The van der Waals surface area contributed by atoms with Crippen molar-refractivity contribution in [1.82, 2.24) is 10.3 Å². The Labute approximate surface area is 118 Å². The van der Waals surface area contributed by atoms with Gasteiger partial charge in [0, 0.05) is 11.8 Å². The van der Waals surface area contributed by atoms with Gasteiger partial charge in [-0.15, -0.1) is 11.3 Å². The minimum Gasteiger partial charge on any atom is -0.480 e. The molecule has 0 radical (unpaired) electrons. The molecule has 1 heterocycles. The largest absolute Gasteiger partial charge is 0.480 e. The number of esters is 1. The van der Waals surface area contributed by atoms with E-state index in [4.69, 9.17) is 10.8 Å². The molecule has 1 unspecified atom stereocenters. The van der Waals surface area contributed by atoms with Crippen LogP contribution < -0.4 is 11.1 Å². The number of nitrogens with one attached hydrogen (secondary N) is 1. The maximum absolute atomic E-state index is 11.7. The third-order valence-corrected chi connectivity index (χ3v) is 3.13. The lowest BCUT2D eigenvalue weighted by Gasteiger charge is -2.13. The van der Waals surface area contributed by atoms with Crippen LogP contribution >= 0.6 is 11.3 Å². The summed E-state index contributed by atoms with van der Waals surface area (Å²) >= 11 is 1.20. The van der Waals surface area contributed by atoms with Crippen LogP contribution in [0, 0.1) is 0 Å². The van der Waals surface area contributed by atoms with Crippen molar-refractivity contribution in [1.29, 1.82) is 0 Å². The number of nitrogens with zero attached hydrogens (tertiary/aromatic N) is 1. The van der Waals surface area contributed by atoms with Crippen LogP contribution in [0.5, 0.6) is 0 Å². The number of aromatic nitrogens is 1. The van der Waals surface area contributed by atoms with Gasteiger partial charge in [-0.05, 0) is 6.42 Å². The first-order chi connectivity index (χ1) is 9.42. The molecular weight excluding hydrogens is 286 g/mol. The van der Waals surface area contributed by atoms with Crippen molar-refractivity contribution in [2.45, 2.75) is 25.3 Å². The first-order valence-corrected chi connectivity index (χ1v) is 6.59. The van der Waals surface area contributed by atoms with E-state index in [1.165, 1.54) is 18.4 Å². The highest BCUT2D eigenvalue weighted by atomic mass is 32.1. The highest BCUT2D eigenvalue weighted by Gasteiger charge is 2.21. The van der Waals surface area contributed by atoms with E-state index >= 15 is 0 Å². The minimum absolute atomic E-state index is 0.0348. The summed E-state index contributed by atoms with van der Waals surface area (Å²) in [6.45, 7) is 0. The van der Waals surface area contributed by atoms with Gasteiger partial charge in [0.2, 0.25) is 5.91 Å². The molecule has 8 nitrogen and oxygen atoms in total. The SMILES string of the molecule is COC(=O)CCC(NC(=O)Cc1csc(N)n1)C(=O)O. The molecule has 0 saturated heterocycles. The predicted molar refractivity (Wildman–Crippen MR) is 71.0 cm³/mol. The van der Waals surface area contributed by atoms with Crippen LogP contribution in [0.2, 0.25) is 0 Å². The molecule has 0 saturated carbocycles. The summed E-state index contributed by atoms with van der Waals surface area (Å²) in [5, 5.41) is 13.3. The molecule has 110 valence electrons. The predicted octanol–water partition coefficient (Wildman–Crippen LogP) is -0.210. The Kier molecular flexibility index (Phi) is 5.91. The molecule has 1 rings (SSSR count). The number of methoxy groups -OCH3 is 1. The second kappa shape index (κ2) is 7.43. The van der Waals surface area contributed by atoms with E-state index in [-0.39, 0.29) is 19.3 Å². The summed E-state index contributed by atoms with van der Waals surface area (Å²) in [6, 6.07) is -1.14. The van der Waals surface area contributed by atoms with Crippen molar-refractivity contribution in [3.63, 3.8) is 0 Å². The highest BCUT2D eigenvalue weighted by Crippen LogP contribution is 2.11. The molecule has 0 aliphatic rings. The standard InChI is InChI=1S/C11H15N3O5S/c1-19-9(16)3-2-7(10(17)18)14-8(15)4-6-5-20-11(12)13-6/h5,7H,2-4H2,1H3,(H2,12,13)(H,14,15)(H,17,18). The summed E-state index contributed by atoms with van der Waals surface area (Å²) in [7, 11) is 1.21. The van der Waals surface area contributed by atoms with E-state index in [2.05, 4.69) is 15.0 Å². The number of carbonyl (C=O) groups excluding carboxylic acids is 2. The Morgan fingerprint density at radius 2 is 2.25 bits per heavy atom. The van der Waals surface area contributed by atoms with Gasteiger partial charge < -0.3 is 20.9 Å². The average Bonchev–Trinajstić information content (AvgIpc) is 2.78. The zero-order valence-corrected chi connectivity index (χ0v) is 11.6. The molecule has 0 spiro atoms. The van der Waals surface area contributed by atoms with Gasteiger partial charge in [-0.1, -0.05) is 0 Å². The second-order valence-electron chi connectivity index (χ2n) is 3.93. The number of nitrogens with two attached hydrogens (primary N) is 1. The average molecular weight is 301 g/mol. The molecule has 0 aromatic carbocycles. The molecule has 20 heavy (non-hydrogen) atoms. The zero-order valence-electron chi connectivity index (χ0n) is 10.8.